The molecule has 1 amide bonds. The molecule has 1 saturated carbocycles. The first kappa shape index (κ1) is 16.5. The Kier molecular flexibility index (Phi) is 4.53. The molecule has 0 bridgehead atoms. The van der Waals surface area contributed by atoms with E-state index in [-0.39, 0.29) is 23.7 Å². The van der Waals surface area contributed by atoms with Crippen molar-refractivity contribution in [2.45, 2.75) is 37.9 Å². The molecule has 1 N–H and O–H groups in total. The fraction of sp³-hybridized carbons (Fsp3) is 0.600. The summed E-state index contributed by atoms with van der Waals surface area (Å²) in [6.45, 7) is 0.903. The third-order valence-electron chi connectivity index (χ3n) is 4.23. The van der Waals surface area contributed by atoms with Gasteiger partial charge in [-0.1, -0.05) is 0 Å². The highest BCUT2D eigenvalue weighted by Gasteiger charge is 2.37. The average molecular weight is 392 g/mol. The van der Waals surface area contributed by atoms with Gasteiger partial charge in [-0.05, 0) is 47.7 Å². The van der Waals surface area contributed by atoms with E-state index in [2.05, 4.69) is 26.2 Å². The van der Waals surface area contributed by atoms with Gasteiger partial charge in [-0.25, -0.2) is 4.98 Å². The van der Waals surface area contributed by atoms with Crippen LogP contribution in [0.25, 0.3) is 0 Å². The van der Waals surface area contributed by atoms with Crippen LogP contribution in [0, 0.1) is 5.92 Å². The van der Waals surface area contributed by atoms with E-state index in [1.54, 1.807) is 4.90 Å². The van der Waals surface area contributed by atoms with Gasteiger partial charge in [0.15, 0.2) is 0 Å². The molecule has 8 heteroatoms. The van der Waals surface area contributed by atoms with Crippen molar-refractivity contribution in [3.05, 3.63) is 22.3 Å². The number of halogens is 4. The van der Waals surface area contributed by atoms with E-state index in [9.17, 15) is 18.0 Å². The van der Waals surface area contributed by atoms with Gasteiger partial charge in [0, 0.05) is 35.7 Å². The summed E-state index contributed by atoms with van der Waals surface area (Å²) in [7, 11) is 0. The minimum absolute atomic E-state index is 0.0346. The fourth-order valence-corrected chi connectivity index (χ4v) is 3.12. The molecule has 2 aliphatic rings. The quantitative estimate of drug-likeness (QED) is 0.858. The Hall–Kier alpha value is -1.31. The zero-order chi connectivity index (χ0) is 16.6. The van der Waals surface area contributed by atoms with E-state index in [0.29, 0.717) is 30.4 Å². The maximum Gasteiger partial charge on any atom is 0.419 e. The van der Waals surface area contributed by atoms with Gasteiger partial charge in [0.1, 0.15) is 5.82 Å². The minimum atomic E-state index is -4.44. The number of anilines is 1. The number of carbonyl (C=O) groups excluding carboxylic acids is 1. The van der Waals surface area contributed by atoms with Crippen molar-refractivity contribution in [1.29, 1.82) is 0 Å². The van der Waals surface area contributed by atoms with E-state index >= 15 is 0 Å². The van der Waals surface area contributed by atoms with E-state index in [4.69, 9.17) is 0 Å². The lowest BCUT2D eigenvalue weighted by Crippen LogP contribution is -2.45. The van der Waals surface area contributed by atoms with Crippen molar-refractivity contribution < 1.29 is 18.0 Å². The molecular formula is C15H17BrF3N3O. The highest BCUT2D eigenvalue weighted by molar-refractivity contribution is 9.10. The standard InChI is InChI=1S/C15H17BrF3N3O/c16-10-7-12(15(17,18)19)13(20-8-10)22-5-3-11(4-6-22)21-14(23)9-1-2-9/h7-9,11H,1-6H2,(H,21,23). The molecule has 2 heterocycles. The number of aromatic nitrogens is 1. The molecule has 0 spiro atoms. The maximum absolute atomic E-state index is 13.2. The zero-order valence-electron chi connectivity index (χ0n) is 12.4. The van der Waals surface area contributed by atoms with Gasteiger partial charge in [0.05, 0.1) is 5.56 Å². The number of rotatable bonds is 3. The number of hydrogen-bond donors (Lipinski definition) is 1. The largest absolute Gasteiger partial charge is 0.419 e. The molecule has 1 aromatic heterocycles. The average Bonchev–Trinajstić information content (AvgIpc) is 3.32. The Morgan fingerprint density at radius 1 is 1.26 bits per heavy atom. The summed E-state index contributed by atoms with van der Waals surface area (Å²) in [5.74, 6) is 0.201. The fourth-order valence-electron chi connectivity index (χ4n) is 2.79. The summed E-state index contributed by atoms with van der Waals surface area (Å²) in [6.07, 6.45) is 0.0978. The van der Waals surface area contributed by atoms with Crippen LogP contribution in [0.15, 0.2) is 16.7 Å². The lowest BCUT2D eigenvalue weighted by molar-refractivity contribution is -0.137. The highest BCUT2D eigenvalue weighted by Crippen LogP contribution is 2.37. The summed E-state index contributed by atoms with van der Waals surface area (Å²) in [5.41, 5.74) is -0.729. The van der Waals surface area contributed by atoms with Crippen molar-refractivity contribution in [3.63, 3.8) is 0 Å². The number of hydrogen-bond acceptors (Lipinski definition) is 3. The zero-order valence-corrected chi connectivity index (χ0v) is 14.0. The summed E-state index contributed by atoms with van der Waals surface area (Å²) >= 11 is 3.04. The van der Waals surface area contributed by atoms with Gasteiger partial charge in [0.25, 0.3) is 0 Å². The summed E-state index contributed by atoms with van der Waals surface area (Å²) in [4.78, 5) is 17.4. The van der Waals surface area contributed by atoms with Crippen LogP contribution in [-0.4, -0.2) is 30.0 Å². The smallest absolute Gasteiger partial charge is 0.356 e. The minimum Gasteiger partial charge on any atom is -0.356 e. The predicted octanol–water partition coefficient (Wildman–Crippen LogP) is 3.36. The van der Waals surface area contributed by atoms with Crippen LogP contribution in [0.3, 0.4) is 0 Å². The monoisotopic (exact) mass is 391 g/mol. The van der Waals surface area contributed by atoms with Crippen LogP contribution in [0.4, 0.5) is 19.0 Å². The van der Waals surface area contributed by atoms with Crippen LogP contribution in [0.5, 0.6) is 0 Å². The molecule has 2 fully saturated rings. The predicted molar refractivity (Wildman–Crippen MR) is 83.0 cm³/mol. The van der Waals surface area contributed by atoms with Crippen molar-refractivity contribution in [2.24, 2.45) is 5.92 Å². The first-order chi connectivity index (χ1) is 10.8. The van der Waals surface area contributed by atoms with Crippen molar-refractivity contribution in [2.75, 3.05) is 18.0 Å². The number of carbonyl (C=O) groups is 1. The SMILES string of the molecule is O=C(NC1CCN(c2ncc(Br)cc2C(F)(F)F)CC1)C1CC1. The van der Waals surface area contributed by atoms with Crippen molar-refractivity contribution in [1.82, 2.24) is 10.3 Å². The first-order valence-corrected chi connectivity index (χ1v) is 8.42. The normalized spacial score (nSPS) is 19.7. The van der Waals surface area contributed by atoms with E-state index < -0.39 is 11.7 Å². The topological polar surface area (TPSA) is 45.2 Å². The molecule has 0 atom stereocenters. The van der Waals surface area contributed by atoms with Gasteiger partial charge in [0.2, 0.25) is 5.91 Å². The molecule has 1 saturated heterocycles. The summed E-state index contributed by atoms with van der Waals surface area (Å²) < 4.78 is 39.9. The molecule has 1 aromatic rings. The van der Waals surface area contributed by atoms with Gasteiger partial charge in [-0.15, -0.1) is 0 Å². The number of nitrogens with one attached hydrogen (secondary N) is 1. The first-order valence-electron chi connectivity index (χ1n) is 7.62. The Morgan fingerprint density at radius 3 is 2.48 bits per heavy atom. The molecular weight excluding hydrogens is 375 g/mol. The Balaban J connectivity index is 1.66. The molecule has 0 aromatic carbocycles. The van der Waals surface area contributed by atoms with Crippen LogP contribution in [0.2, 0.25) is 0 Å². The summed E-state index contributed by atoms with van der Waals surface area (Å²) in [6, 6.07) is 1.10. The third-order valence-corrected chi connectivity index (χ3v) is 4.66. The Labute approximate surface area is 140 Å². The van der Waals surface area contributed by atoms with E-state index in [0.717, 1.165) is 18.9 Å². The number of piperidine rings is 1. The van der Waals surface area contributed by atoms with E-state index in [1.807, 2.05) is 0 Å². The van der Waals surface area contributed by atoms with Gasteiger partial charge in [-0.3, -0.25) is 4.79 Å². The lowest BCUT2D eigenvalue weighted by Gasteiger charge is -2.34. The Morgan fingerprint density at radius 2 is 1.91 bits per heavy atom. The summed E-state index contributed by atoms with van der Waals surface area (Å²) in [5, 5.41) is 2.99. The third kappa shape index (κ3) is 3.97. The number of pyridine rings is 1. The van der Waals surface area contributed by atoms with Gasteiger partial charge in [-0.2, -0.15) is 13.2 Å². The van der Waals surface area contributed by atoms with Gasteiger partial charge >= 0.3 is 6.18 Å². The molecule has 0 unspecified atom stereocenters. The van der Waals surface area contributed by atoms with Crippen LogP contribution < -0.4 is 10.2 Å². The molecule has 23 heavy (non-hydrogen) atoms. The molecule has 0 radical (unpaired) electrons. The molecule has 1 aliphatic heterocycles. The number of nitrogens with zero attached hydrogens (tertiary/aromatic N) is 2. The van der Waals surface area contributed by atoms with Crippen molar-refractivity contribution in [3.8, 4) is 0 Å². The van der Waals surface area contributed by atoms with Crippen LogP contribution in [-0.2, 0) is 11.0 Å². The van der Waals surface area contributed by atoms with Crippen LogP contribution in [0.1, 0.15) is 31.2 Å². The van der Waals surface area contributed by atoms with Crippen molar-refractivity contribution >= 4 is 27.7 Å². The molecule has 3 rings (SSSR count). The second kappa shape index (κ2) is 6.30. The molecule has 126 valence electrons. The van der Waals surface area contributed by atoms with Crippen LogP contribution >= 0.6 is 15.9 Å². The van der Waals surface area contributed by atoms with Gasteiger partial charge < -0.3 is 10.2 Å². The maximum atomic E-state index is 13.2. The lowest BCUT2D eigenvalue weighted by atomic mass is 10.0. The highest BCUT2D eigenvalue weighted by atomic mass is 79.9. The molecule has 1 aliphatic carbocycles. The Bertz CT molecular complexity index is 596. The second-order valence-corrected chi connectivity index (χ2v) is 6.98. The number of alkyl halides is 3. The second-order valence-electron chi connectivity index (χ2n) is 6.07. The van der Waals surface area contributed by atoms with E-state index in [1.165, 1.54) is 6.20 Å². The molecule has 4 nitrogen and oxygen atoms in total. The number of amides is 1.